The van der Waals surface area contributed by atoms with Crippen molar-refractivity contribution in [1.29, 1.82) is 0 Å². The molecule has 0 aliphatic rings. The third-order valence-electron chi connectivity index (χ3n) is 4.84. The lowest BCUT2D eigenvalue weighted by Gasteiger charge is -2.38. The molecule has 0 saturated carbocycles. The first-order chi connectivity index (χ1) is 11.4. The topological polar surface area (TPSA) is 38.7 Å². The molecule has 0 spiro atoms. The molecule has 2 atom stereocenters. The van der Waals surface area contributed by atoms with Gasteiger partial charge >= 0.3 is 0 Å². The maximum atomic E-state index is 11.1. The summed E-state index contributed by atoms with van der Waals surface area (Å²) in [6.45, 7) is 6.71. The Morgan fingerprint density at radius 2 is 1.54 bits per heavy atom. The molecule has 0 bridgehead atoms. The number of aliphatic hydroxyl groups is 1. The number of benzene rings is 2. The van der Waals surface area contributed by atoms with Crippen LogP contribution in [0.25, 0.3) is 0 Å². The van der Waals surface area contributed by atoms with Gasteiger partial charge in [-0.3, -0.25) is 0 Å². The molecule has 4 heteroatoms. The standard InChI is InChI=1S/C20H28O3Si/c1-20(21,18-13-9-6-10-14-18)24(3,4)16-23-15-19(22-2)17-11-7-5-8-12-17/h5-14,19,21H,15-16H2,1-4H3/t19-,20+/m1/s1. The van der Waals surface area contributed by atoms with Crippen molar-refractivity contribution in [2.24, 2.45) is 0 Å². The number of hydrogen-bond donors (Lipinski definition) is 1. The summed E-state index contributed by atoms with van der Waals surface area (Å²) in [5.74, 6) is 0. The van der Waals surface area contributed by atoms with E-state index >= 15 is 0 Å². The molecule has 1 N–H and O–H groups in total. The molecule has 0 saturated heterocycles. The molecule has 0 aromatic heterocycles. The zero-order valence-electron chi connectivity index (χ0n) is 15.0. The summed E-state index contributed by atoms with van der Waals surface area (Å²) in [7, 11) is -0.376. The second-order valence-corrected chi connectivity index (χ2v) is 12.0. The molecular formula is C20H28O3Si. The van der Waals surface area contributed by atoms with E-state index in [4.69, 9.17) is 9.47 Å². The fraction of sp³-hybridized carbons (Fsp3) is 0.400. The fourth-order valence-electron chi connectivity index (χ4n) is 2.68. The van der Waals surface area contributed by atoms with Crippen LogP contribution in [-0.2, 0) is 14.7 Å². The third-order valence-corrected chi connectivity index (χ3v) is 8.69. The average Bonchev–Trinajstić information content (AvgIpc) is 2.60. The van der Waals surface area contributed by atoms with Crippen molar-refractivity contribution in [2.75, 3.05) is 19.9 Å². The highest BCUT2D eigenvalue weighted by molar-refractivity contribution is 6.79. The van der Waals surface area contributed by atoms with Gasteiger partial charge in [-0.2, -0.15) is 0 Å². The van der Waals surface area contributed by atoms with Crippen LogP contribution >= 0.6 is 0 Å². The fourth-order valence-corrected chi connectivity index (χ4v) is 4.54. The lowest BCUT2D eigenvalue weighted by Crippen LogP contribution is -2.53. The van der Waals surface area contributed by atoms with Crippen LogP contribution in [-0.4, -0.2) is 33.1 Å². The second-order valence-electron chi connectivity index (χ2n) is 6.97. The number of ether oxygens (including phenoxy) is 2. The smallest absolute Gasteiger partial charge is 0.119 e. The van der Waals surface area contributed by atoms with Crippen LogP contribution in [0.15, 0.2) is 60.7 Å². The van der Waals surface area contributed by atoms with Gasteiger partial charge in [0.25, 0.3) is 0 Å². The van der Waals surface area contributed by atoms with Gasteiger partial charge in [0.1, 0.15) is 14.2 Å². The van der Waals surface area contributed by atoms with Gasteiger partial charge in [-0.05, 0) is 18.1 Å². The quantitative estimate of drug-likeness (QED) is 0.733. The molecule has 0 heterocycles. The summed E-state index contributed by atoms with van der Waals surface area (Å²) < 4.78 is 11.5. The molecule has 0 fully saturated rings. The lowest BCUT2D eigenvalue weighted by atomic mass is 10.1. The molecule has 0 aliphatic heterocycles. The molecule has 0 amide bonds. The maximum absolute atomic E-state index is 11.1. The Hall–Kier alpha value is -1.46. The van der Waals surface area contributed by atoms with Gasteiger partial charge in [-0.15, -0.1) is 0 Å². The van der Waals surface area contributed by atoms with Crippen LogP contribution in [0, 0.1) is 0 Å². The van der Waals surface area contributed by atoms with E-state index in [0.717, 1.165) is 11.1 Å². The summed E-state index contributed by atoms with van der Waals surface area (Å²) >= 11 is 0. The van der Waals surface area contributed by atoms with Crippen molar-refractivity contribution in [3.63, 3.8) is 0 Å². The molecule has 2 aromatic rings. The van der Waals surface area contributed by atoms with E-state index in [-0.39, 0.29) is 6.10 Å². The molecule has 130 valence electrons. The first kappa shape index (κ1) is 18.9. The first-order valence-electron chi connectivity index (χ1n) is 8.32. The lowest BCUT2D eigenvalue weighted by molar-refractivity contribution is 0.0163. The van der Waals surface area contributed by atoms with Gasteiger partial charge in [0.2, 0.25) is 0 Å². The van der Waals surface area contributed by atoms with E-state index in [1.807, 2.05) is 67.6 Å². The summed E-state index contributed by atoms with van der Waals surface area (Å²) in [5, 5.41) is 10.3. The van der Waals surface area contributed by atoms with Gasteiger partial charge in [-0.1, -0.05) is 73.8 Å². The predicted molar refractivity (Wildman–Crippen MR) is 101 cm³/mol. The average molecular weight is 345 g/mol. The largest absolute Gasteiger partial charge is 0.389 e. The molecule has 3 nitrogen and oxygen atoms in total. The van der Waals surface area contributed by atoms with E-state index < -0.39 is 13.3 Å². The summed E-state index contributed by atoms with van der Waals surface area (Å²) in [6.07, 6.45) is 0.486. The summed E-state index contributed by atoms with van der Waals surface area (Å²) in [5.41, 5.74) is 2.06. The SMILES string of the molecule is CO[C@H](COC[Si](C)(C)[C@](C)(O)c1ccccc1)c1ccccc1. The van der Waals surface area contributed by atoms with E-state index in [2.05, 4.69) is 13.1 Å². The normalized spacial score (nSPS) is 15.7. The molecule has 2 aromatic carbocycles. The van der Waals surface area contributed by atoms with E-state index in [9.17, 15) is 5.11 Å². The zero-order chi connectivity index (χ0) is 17.6. The van der Waals surface area contributed by atoms with E-state index in [0.29, 0.717) is 12.8 Å². The van der Waals surface area contributed by atoms with Crippen molar-refractivity contribution in [1.82, 2.24) is 0 Å². The molecule has 0 radical (unpaired) electrons. The molecule has 24 heavy (non-hydrogen) atoms. The Balaban J connectivity index is 1.99. The zero-order valence-corrected chi connectivity index (χ0v) is 16.0. The van der Waals surface area contributed by atoms with Crippen LogP contribution in [0.1, 0.15) is 24.2 Å². The molecular weight excluding hydrogens is 316 g/mol. The Bertz CT molecular complexity index is 611. The van der Waals surface area contributed by atoms with Crippen LogP contribution < -0.4 is 0 Å². The van der Waals surface area contributed by atoms with Crippen molar-refractivity contribution in [3.05, 3.63) is 71.8 Å². The number of hydrogen-bond acceptors (Lipinski definition) is 3. The minimum Gasteiger partial charge on any atom is -0.389 e. The number of methoxy groups -OCH3 is 1. The van der Waals surface area contributed by atoms with Gasteiger partial charge in [0, 0.05) is 13.3 Å². The first-order valence-corrected chi connectivity index (χ1v) is 11.5. The van der Waals surface area contributed by atoms with Crippen LogP contribution in [0.4, 0.5) is 0 Å². The van der Waals surface area contributed by atoms with Crippen LogP contribution in [0.2, 0.25) is 13.1 Å². The Kier molecular flexibility index (Phi) is 6.35. The maximum Gasteiger partial charge on any atom is 0.119 e. The minimum absolute atomic E-state index is 0.0855. The van der Waals surface area contributed by atoms with Crippen molar-refractivity contribution >= 4 is 8.07 Å². The van der Waals surface area contributed by atoms with Crippen molar-refractivity contribution in [2.45, 2.75) is 31.3 Å². The summed E-state index contributed by atoms with van der Waals surface area (Å²) in [6, 6.07) is 19.9. The predicted octanol–water partition coefficient (Wildman–Crippen LogP) is 4.09. The van der Waals surface area contributed by atoms with Gasteiger partial charge in [-0.25, -0.2) is 0 Å². The van der Waals surface area contributed by atoms with Gasteiger partial charge < -0.3 is 14.6 Å². The van der Waals surface area contributed by atoms with Crippen molar-refractivity contribution in [3.8, 4) is 0 Å². The molecule has 0 unspecified atom stereocenters. The van der Waals surface area contributed by atoms with Crippen molar-refractivity contribution < 1.29 is 14.6 Å². The minimum atomic E-state index is -2.07. The Labute approximate surface area is 146 Å². The molecule has 2 rings (SSSR count). The second kappa shape index (κ2) is 8.08. The number of rotatable bonds is 8. The summed E-state index contributed by atoms with van der Waals surface area (Å²) in [4.78, 5) is 0. The van der Waals surface area contributed by atoms with Gasteiger partial charge in [0.05, 0.1) is 11.8 Å². The molecule has 0 aliphatic carbocycles. The third kappa shape index (κ3) is 4.33. The van der Waals surface area contributed by atoms with Gasteiger partial charge in [0.15, 0.2) is 0 Å². The highest BCUT2D eigenvalue weighted by Crippen LogP contribution is 2.31. The van der Waals surface area contributed by atoms with Crippen LogP contribution in [0.5, 0.6) is 0 Å². The van der Waals surface area contributed by atoms with E-state index in [1.54, 1.807) is 7.11 Å². The Morgan fingerprint density at radius 1 is 1.00 bits per heavy atom. The highest BCUT2D eigenvalue weighted by Gasteiger charge is 2.43. The highest BCUT2D eigenvalue weighted by atomic mass is 28.3. The van der Waals surface area contributed by atoms with Crippen LogP contribution in [0.3, 0.4) is 0 Å². The van der Waals surface area contributed by atoms with E-state index in [1.165, 1.54) is 0 Å². The monoisotopic (exact) mass is 344 g/mol. The Morgan fingerprint density at radius 3 is 2.08 bits per heavy atom.